The fraction of sp³-hybridized carbons (Fsp3) is 0.423. The Morgan fingerprint density at radius 3 is 2.33 bits per heavy atom. The monoisotopic (exact) mass is 449 g/mol. The first-order chi connectivity index (χ1) is 16.1. The molecule has 1 aliphatic heterocycles. The molecule has 3 rings (SSSR count). The number of nitrogens with zero attached hydrogens (tertiary/aromatic N) is 3. The quantitative estimate of drug-likeness (QED) is 0.547. The highest BCUT2D eigenvalue weighted by Crippen LogP contribution is 2.26. The Hall–Kier alpha value is -3.53. The summed E-state index contributed by atoms with van der Waals surface area (Å²) in [4.78, 5) is 29.3. The van der Waals surface area contributed by atoms with Crippen LogP contribution in [-0.2, 0) is 9.59 Å². The van der Waals surface area contributed by atoms with E-state index < -0.39 is 0 Å². The first-order valence-corrected chi connectivity index (χ1v) is 11.5. The molecule has 0 spiro atoms. The summed E-state index contributed by atoms with van der Waals surface area (Å²) in [6.45, 7) is 4.28. The number of ether oxygens (including phenoxy) is 2. The topological polar surface area (TPSA) is 82.9 Å². The van der Waals surface area contributed by atoms with Gasteiger partial charge in [0, 0.05) is 31.2 Å². The normalized spacial score (nSPS) is 13.8. The van der Waals surface area contributed by atoms with Crippen molar-refractivity contribution in [3.8, 4) is 17.6 Å². The summed E-state index contributed by atoms with van der Waals surface area (Å²) in [6, 6.07) is 18.9. The second-order valence-corrected chi connectivity index (χ2v) is 7.89. The van der Waals surface area contributed by atoms with Crippen molar-refractivity contribution in [2.75, 3.05) is 37.7 Å². The van der Waals surface area contributed by atoms with Crippen LogP contribution in [-0.4, -0.2) is 49.6 Å². The summed E-state index contributed by atoms with van der Waals surface area (Å²) >= 11 is 0. The van der Waals surface area contributed by atoms with Crippen LogP contribution >= 0.6 is 0 Å². The van der Waals surface area contributed by atoms with E-state index in [0.29, 0.717) is 52.1 Å². The molecule has 1 fully saturated rings. The number of piperidine rings is 1. The standard InChI is InChI=1S/C26H31N3O4/c1-2-32-24-11-9-22(10-12-24)29(17-6-16-27)26(31)21-13-18-28(19-14-21)25(30)15-20-33-23-7-4-3-5-8-23/h3-5,7-12,21H,2,6,13-15,17-20H2,1H3. The van der Waals surface area contributed by atoms with Crippen molar-refractivity contribution in [3.63, 3.8) is 0 Å². The van der Waals surface area contributed by atoms with E-state index in [-0.39, 0.29) is 24.2 Å². The lowest BCUT2D eigenvalue weighted by Crippen LogP contribution is -2.45. The molecule has 174 valence electrons. The molecular weight excluding hydrogens is 418 g/mol. The van der Waals surface area contributed by atoms with Crippen LogP contribution in [0.5, 0.6) is 11.5 Å². The Morgan fingerprint density at radius 1 is 1.03 bits per heavy atom. The van der Waals surface area contributed by atoms with Gasteiger partial charge in [0.1, 0.15) is 11.5 Å². The molecule has 0 aromatic heterocycles. The minimum absolute atomic E-state index is 0.00826. The van der Waals surface area contributed by atoms with E-state index in [1.54, 1.807) is 4.90 Å². The first-order valence-electron chi connectivity index (χ1n) is 11.5. The average Bonchev–Trinajstić information content (AvgIpc) is 2.86. The maximum Gasteiger partial charge on any atom is 0.230 e. The SMILES string of the molecule is CCOc1ccc(N(CCC#N)C(=O)C2CCN(C(=O)CCOc3ccccc3)CC2)cc1. The number of nitriles is 1. The fourth-order valence-electron chi connectivity index (χ4n) is 3.94. The Morgan fingerprint density at radius 2 is 1.70 bits per heavy atom. The van der Waals surface area contributed by atoms with E-state index in [1.165, 1.54) is 0 Å². The Labute approximate surface area is 195 Å². The molecule has 0 unspecified atom stereocenters. The lowest BCUT2D eigenvalue weighted by Gasteiger charge is -2.34. The van der Waals surface area contributed by atoms with Crippen LogP contribution in [0.15, 0.2) is 54.6 Å². The van der Waals surface area contributed by atoms with Crippen LogP contribution < -0.4 is 14.4 Å². The molecule has 0 radical (unpaired) electrons. The highest BCUT2D eigenvalue weighted by atomic mass is 16.5. The lowest BCUT2D eigenvalue weighted by molar-refractivity contribution is -0.135. The molecule has 0 saturated carbocycles. The molecule has 1 aliphatic rings. The third-order valence-corrected chi connectivity index (χ3v) is 5.70. The van der Waals surface area contributed by atoms with Crippen molar-refractivity contribution >= 4 is 17.5 Å². The maximum absolute atomic E-state index is 13.3. The van der Waals surface area contributed by atoms with Crippen LogP contribution in [0.4, 0.5) is 5.69 Å². The minimum Gasteiger partial charge on any atom is -0.494 e. The number of carbonyl (C=O) groups excluding carboxylic acids is 2. The zero-order chi connectivity index (χ0) is 23.5. The number of rotatable bonds is 10. The van der Waals surface area contributed by atoms with Gasteiger partial charge in [-0.15, -0.1) is 0 Å². The van der Waals surface area contributed by atoms with Gasteiger partial charge < -0.3 is 19.3 Å². The molecule has 2 aromatic rings. The van der Waals surface area contributed by atoms with E-state index in [0.717, 1.165) is 17.2 Å². The van der Waals surface area contributed by atoms with Gasteiger partial charge in [-0.3, -0.25) is 9.59 Å². The van der Waals surface area contributed by atoms with E-state index in [2.05, 4.69) is 6.07 Å². The van der Waals surface area contributed by atoms with Gasteiger partial charge in [-0.2, -0.15) is 5.26 Å². The van der Waals surface area contributed by atoms with Gasteiger partial charge in [0.05, 0.1) is 32.1 Å². The molecule has 0 N–H and O–H groups in total. The number of likely N-dealkylation sites (tertiary alicyclic amines) is 1. The molecule has 7 nitrogen and oxygen atoms in total. The third kappa shape index (κ3) is 6.98. The van der Waals surface area contributed by atoms with Gasteiger partial charge in [0.2, 0.25) is 11.8 Å². The number of hydrogen-bond donors (Lipinski definition) is 0. The van der Waals surface area contributed by atoms with Crippen molar-refractivity contribution in [1.29, 1.82) is 5.26 Å². The molecule has 0 atom stereocenters. The predicted octanol–water partition coefficient (Wildman–Crippen LogP) is 4.04. The van der Waals surface area contributed by atoms with Gasteiger partial charge in [0.25, 0.3) is 0 Å². The summed E-state index contributed by atoms with van der Waals surface area (Å²) in [7, 11) is 0. The smallest absolute Gasteiger partial charge is 0.230 e. The maximum atomic E-state index is 13.3. The first kappa shape index (κ1) is 24.1. The van der Waals surface area contributed by atoms with Gasteiger partial charge in [0.15, 0.2) is 0 Å². The molecular formula is C26H31N3O4. The van der Waals surface area contributed by atoms with Crippen molar-refractivity contribution in [1.82, 2.24) is 4.90 Å². The van der Waals surface area contributed by atoms with Crippen LogP contribution in [0.25, 0.3) is 0 Å². The molecule has 1 saturated heterocycles. The van der Waals surface area contributed by atoms with Gasteiger partial charge in [-0.05, 0) is 56.2 Å². The van der Waals surface area contributed by atoms with Crippen molar-refractivity contribution in [3.05, 3.63) is 54.6 Å². The molecule has 0 aliphatic carbocycles. The number of carbonyl (C=O) groups is 2. The van der Waals surface area contributed by atoms with Crippen molar-refractivity contribution in [2.45, 2.75) is 32.6 Å². The summed E-state index contributed by atoms with van der Waals surface area (Å²) in [5.41, 5.74) is 0.760. The van der Waals surface area contributed by atoms with E-state index >= 15 is 0 Å². The van der Waals surface area contributed by atoms with Gasteiger partial charge >= 0.3 is 0 Å². The summed E-state index contributed by atoms with van der Waals surface area (Å²) in [6.07, 6.45) is 1.81. The summed E-state index contributed by atoms with van der Waals surface area (Å²) in [5.74, 6) is 1.39. The Balaban J connectivity index is 1.52. The van der Waals surface area contributed by atoms with Crippen molar-refractivity contribution < 1.29 is 19.1 Å². The fourth-order valence-corrected chi connectivity index (χ4v) is 3.94. The van der Waals surface area contributed by atoms with Crippen LogP contribution in [0.3, 0.4) is 0 Å². The minimum atomic E-state index is -0.167. The molecule has 2 amide bonds. The predicted molar refractivity (Wildman–Crippen MR) is 126 cm³/mol. The number of amides is 2. The van der Waals surface area contributed by atoms with Crippen molar-refractivity contribution in [2.24, 2.45) is 5.92 Å². The zero-order valence-electron chi connectivity index (χ0n) is 19.1. The average molecular weight is 450 g/mol. The second-order valence-electron chi connectivity index (χ2n) is 7.89. The lowest BCUT2D eigenvalue weighted by atomic mass is 9.94. The highest BCUT2D eigenvalue weighted by Gasteiger charge is 2.30. The van der Waals surface area contributed by atoms with E-state index in [9.17, 15) is 9.59 Å². The zero-order valence-corrected chi connectivity index (χ0v) is 19.1. The Bertz CT molecular complexity index is 932. The van der Waals surface area contributed by atoms with Gasteiger partial charge in [-0.1, -0.05) is 18.2 Å². The number of hydrogen-bond acceptors (Lipinski definition) is 5. The van der Waals surface area contributed by atoms with E-state index in [4.69, 9.17) is 14.7 Å². The Kier molecular flexibility index (Phi) is 9.13. The van der Waals surface area contributed by atoms with Crippen LogP contribution in [0.2, 0.25) is 0 Å². The summed E-state index contributed by atoms with van der Waals surface area (Å²) < 4.78 is 11.1. The molecule has 0 bridgehead atoms. The number of benzene rings is 2. The molecule has 33 heavy (non-hydrogen) atoms. The van der Waals surface area contributed by atoms with E-state index in [1.807, 2.05) is 66.4 Å². The highest BCUT2D eigenvalue weighted by molar-refractivity contribution is 5.95. The largest absolute Gasteiger partial charge is 0.494 e. The van der Waals surface area contributed by atoms with Crippen LogP contribution in [0, 0.1) is 17.2 Å². The summed E-state index contributed by atoms with van der Waals surface area (Å²) in [5, 5.41) is 9.05. The molecule has 2 aromatic carbocycles. The molecule has 1 heterocycles. The molecule has 7 heteroatoms. The van der Waals surface area contributed by atoms with Gasteiger partial charge in [-0.25, -0.2) is 0 Å². The second kappa shape index (κ2) is 12.5. The number of anilines is 1. The number of para-hydroxylation sites is 1. The van der Waals surface area contributed by atoms with Crippen LogP contribution in [0.1, 0.15) is 32.6 Å². The third-order valence-electron chi connectivity index (χ3n) is 5.70.